The van der Waals surface area contributed by atoms with Crippen molar-refractivity contribution in [3.05, 3.63) is 24.5 Å². The van der Waals surface area contributed by atoms with E-state index in [1.807, 2.05) is 18.3 Å². The molecule has 80 valence electrons. The van der Waals surface area contributed by atoms with Crippen LogP contribution in [0.3, 0.4) is 0 Å². The molecule has 1 saturated heterocycles. The Hall–Kier alpha value is -1.07. The molecule has 1 aromatic heterocycles. The minimum Gasteiger partial charge on any atom is -0.469 e. The Labute approximate surface area is 92.8 Å². The summed E-state index contributed by atoms with van der Waals surface area (Å²) in [7, 11) is 1.43. The zero-order valence-electron chi connectivity index (χ0n) is 8.42. The highest BCUT2D eigenvalue weighted by atomic mass is 32.2. The van der Waals surface area contributed by atoms with Gasteiger partial charge in [0.2, 0.25) is 0 Å². The number of methoxy groups -OCH3 is 1. The van der Waals surface area contributed by atoms with Crippen LogP contribution in [-0.4, -0.2) is 35.5 Å². The third kappa shape index (κ3) is 2.49. The summed E-state index contributed by atoms with van der Waals surface area (Å²) in [5.74, 6) is -0.0720. The molecule has 0 aliphatic carbocycles. The summed E-state index contributed by atoms with van der Waals surface area (Å²) < 4.78 is 6.79. The molecular formula is C10H12N2O2S. The van der Waals surface area contributed by atoms with Gasteiger partial charge in [0.1, 0.15) is 0 Å². The topological polar surface area (TPSA) is 42.4 Å². The van der Waals surface area contributed by atoms with E-state index in [2.05, 4.69) is 14.0 Å². The van der Waals surface area contributed by atoms with E-state index in [1.165, 1.54) is 7.11 Å². The lowest BCUT2D eigenvalue weighted by Gasteiger charge is -2.35. The molecule has 1 aliphatic heterocycles. The first-order chi connectivity index (χ1) is 7.29. The number of hydrogen-bond acceptors (Lipinski definition) is 5. The van der Waals surface area contributed by atoms with Gasteiger partial charge in [-0.15, -0.1) is 0 Å². The van der Waals surface area contributed by atoms with Crippen molar-refractivity contribution in [3.8, 4) is 0 Å². The van der Waals surface area contributed by atoms with Crippen molar-refractivity contribution in [2.45, 2.75) is 4.90 Å². The summed E-state index contributed by atoms with van der Waals surface area (Å²) in [5.41, 5.74) is 0. The minimum absolute atomic E-state index is 0.0409. The van der Waals surface area contributed by atoms with Crippen molar-refractivity contribution in [1.82, 2.24) is 9.29 Å². The van der Waals surface area contributed by atoms with Crippen molar-refractivity contribution < 1.29 is 9.53 Å². The minimum atomic E-state index is -0.113. The maximum atomic E-state index is 11.1. The lowest BCUT2D eigenvalue weighted by molar-refractivity contribution is -0.148. The third-order valence-corrected chi connectivity index (χ3v) is 3.26. The fourth-order valence-electron chi connectivity index (χ4n) is 1.38. The summed E-state index contributed by atoms with van der Waals surface area (Å²) >= 11 is 1.63. The second kappa shape index (κ2) is 4.63. The molecule has 0 spiro atoms. The van der Waals surface area contributed by atoms with E-state index >= 15 is 0 Å². The van der Waals surface area contributed by atoms with Gasteiger partial charge in [0, 0.05) is 30.4 Å². The molecular weight excluding hydrogens is 212 g/mol. The van der Waals surface area contributed by atoms with Crippen LogP contribution in [0.4, 0.5) is 0 Å². The normalized spacial score (nSPS) is 17.1. The molecule has 0 atom stereocenters. The fraction of sp³-hybridized carbons (Fsp3) is 0.400. The molecule has 4 nitrogen and oxygen atoms in total. The summed E-state index contributed by atoms with van der Waals surface area (Å²) in [6.07, 6.45) is 3.56. The van der Waals surface area contributed by atoms with Crippen LogP contribution in [0.2, 0.25) is 0 Å². The van der Waals surface area contributed by atoms with E-state index in [-0.39, 0.29) is 11.9 Å². The highest BCUT2D eigenvalue weighted by Gasteiger charge is 2.33. The lowest BCUT2D eigenvalue weighted by Crippen LogP contribution is -2.46. The van der Waals surface area contributed by atoms with Crippen LogP contribution in [0, 0.1) is 5.92 Å². The average Bonchev–Trinajstić information content (AvgIpc) is 2.23. The maximum absolute atomic E-state index is 11.1. The highest BCUT2D eigenvalue weighted by Crippen LogP contribution is 2.30. The van der Waals surface area contributed by atoms with Gasteiger partial charge in [0.05, 0.1) is 13.0 Å². The average molecular weight is 224 g/mol. The van der Waals surface area contributed by atoms with E-state index in [0.29, 0.717) is 0 Å². The van der Waals surface area contributed by atoms with Gasteiger partial charge in [0.15, 0.2) is 0 Å². The first kappa shape index (κ1) is 10.4. The van der Waals surface area contributed by atoms with Crippen molar-refractivity contribution in [1.29, 1.82) is 0 Å². The Morgan fingerprint density at radius 1 is 1.67 bits per heavy atom. The SMILES string of the molecule is COC(=O)C1CN(Sc2cccnc2)C1. The monoisotopic (exact) mass is 224 g/mol. The van der Waals surface area contributed by atoms with E-state index in [1.54, 1.807) is 18.1 Å². The number of carbonyl (C=O) groups excluding carboxylic acids is 1. The first-order valence-electron chi connectivity index (χ1n) is 4.70. The van der Waals surface area contributed by atoms with Crippen LogP contribution < -0.4 is 0 Å². The molecule has 0 amide bonds. The van der Waals surface area contributed by atoms with Crippen LogP contribution in [0.15, 0.2) is 29.4 Å². The summed E-state index contributed by atoms with van der Waals surface area (Å²) in [5, 5.41) is 0. The second-order valence-corrected chi connectivity index (χ2v) is 4.52. The Kier molecular flexibility index (Phi) is 3.23. The molecule has 15 heavy (non-hydrogen) atoms. The van der Waals surface area contributed by atoms with E-state index < -0.39 is 0 Å². The Balaban J connectivity index is 1.79. The molecule has 0 aromatic carbocycles. The van der Waals surface area contributed by atoms with Crippen molar-refractivity contribution >= 4 is 17.9 Å². The summed E-state index contributed by atoms with van der Waals surface area (Å²) in [6, 6.07) is 3.91. The molecule has 0 radical (unpaired) electrons. The molecule has 2 rings (SSSR count). The molecule has 0 saturated carbocycles. The van der Waals surface area contributed by atoms with Crippen molar-refractivity contribution in [2.75, 3.05) is 20.2 Å². The van der Waals surface area contributed by atoms with Gasteiger partial charge < -0.3 is 4.74 Å². The molecule has 2 heterocycles. The van der Waals surface area contributed by atoms with Gasteiger partial charge >= 0.3 is 5.97 Å². The van der Waals surface area contributed by atoms with Gasteiger partial charge in [-0.1, -0.05) is 0 Å². The number of rotatable bonds is 3. The quantitative estimate of drug-likeness (QED) is 0.570. The second-order valence-electron chi connectivity index (χ2n) is 3.35. The van der Waals surface area contributed by atoms with Gasteiger partial charge in [0.25, 0.3) is 0 Å². The number of pyridine rings is 1. The van der Waals surface area contributed by atoms with Crippen molar-refractivity contribution in [2.24, 2.45) is 5.92 Å². The summed E-state index contributed by atoms with van der Waals surface area (Å²) in [6.45, 7) is 1.51. The number of nitrogens with zero attached hydrogens (tertiary/aromatic N) is 2. The molecule has 0 N–H and O–H groups in total. The molecule has 1 fully saturated rings. The predicted molar refractivity (Wildman–Crippen MR) is 57.2 cm³/mol. The highest BCUT2D eigenvalue weighted by molar-refractivity contribution is 7.97. The van der Waals surface area contributed by atoms with Gasteiger partial charge in [-0.2, -0.15) is 0 Å². The number of hydrogen-bond donors (Lipinski definition) is 0. The van der Waals surface area contributed by atoms with Crippen LogP contribution in [0.5, 0.6) is 0 Å². The molecule has 1 aromatic rings. The van der Waals surface area contributed by atoms with E-state index in [0.717, 1.165) is 18.0 Å². The van der Waals surface area contributed by atoms with Crippen LogP contribution in [0.25, 0.3) is 0 Å². The zero-order valence-corrected chi connectivity index (χ0v) is 9.24. The zero-order chi connectivity index (χ0) is 10.7. The molecule has 5 heteroatoms. The Morgan fingerprint density at radius 2 is 2.47 bits per heavy atom. The van der Waals surface area contributed by atoms with Gasteiger partial charge in [-0.25, -0.2) is 4.31 Å². The first-order valence-corrected chi connectivity index (χ1v) is 5.47. The Morgan fingerprint density at radius 3 is 3.07 bits per heavy atom. The predicted octanol–water partition coefficient (Wildman–Crippen LogP) is 1.19. The van der Waals surface area contributed by atoms with Crippen molar-refractivity contribution in [3.63, 3.8) is 0 Å². The summed E-state index contributed by atoms with van der Waals surface area (Å²) in [4.78, 5) is 16.2. The van der Waals surface area contributed by atoms with Gasteiger partial charge in [-0.05, 0) is 24.1 Å². The standard InChI is InChI=1S/C10H12N2O2S/c1-14-10(13)8-6-12(7-8)15-9-3-2-4-11-5-9/h2-5,8H,6-7H2,1H3. The van der Waals surface area contributed by atoms with Gasteiger partial charge in [-0.3, -0.25) is 9.78 Å². The van der Waals surface area contributed by atoms with Crippen LogP contribution >= 0.6 is 11.9 Å². The van der Waals surface area contributed by atoms with E-state index in [4.69, 9.17) is 0 Å². The Bertz CT molecular complexity index is 339. The number of carbonyl (C=O) groups is 1. The molecule has 1 aliphatic rings. The van der Waals surface area contributed by atoms with E-state index in [9.17, 15) is 4.79 Å². The fourth-order valence-corrected chi connectivity index (χ4v) is 2.43. The molecule has 0 unspecified atom stereocenters. The maximum Gasteiger partial charge on any atom is 0.311 e. The largest absolute Gasteiger partial charge is 0.469 e. The lowest BCUT2D eigenvalue weighted by atomic mass is 10.0. The van der Waals surface area contributed by atoms with Crippen LogP contribution in [-0.2, 0) is 9.53 Å². The number of aromatic nitrogens is 1. The third-order valence-electron chi connectivity index (χ3n) is 2.25. The van der Waals surface area contributed by atoms with Crippen LogP contribution in [0.1, 0.15) is 0 Å². The number of esters is 1. The smallest absolute Gasteiger partial charge is 0.311 e. The molecule has 0 bridgehead atoms. The number of ether oxygens (including phenoxy) is 1.